The van der Waals surface area contributed by atoms with Crippen molar-refractivity contribution in [2.45, 2.75) is 0 Å². The Bertz CT molecular complexity index is 708. The summed E-state index contributed by atoms with van der Waals surface area (Å²) >= 11 is 6.19. The summed E-state index contributed by atoms with van der Waals surface area (Å²) in [5.41, 5.74) is 2.62. The molecule has 0 saturated heterocycles. The number of para-hydroxylation sites is 2. The SMILES string of the molecule is OCCNc1cc(-c2nc3ccccc3[nH]2)c(Cl)cn1. The first-order valence-electron chi connectivity index (χ1n) is 6.23. The monoisotopic (exact) mass is 288 g/mol. The van der Waals surface area contributed by atoms with E-state index in [1.54, 1.807) is 6.20 Å². The maximum absolute atomic E-state index is 8.83. The number of anilines is 1. The number of H-pyrrole nitrogens is 1. The van der Waals surface area contributed by atoms with Gasteiger partial charge < -0.3 is 15.4 Å². The lowest BCUT2D eigenvalue weighted by Gasteiger charge is -2.06. The van der Waals surface area contributed by atoms with Gasteiger partial charge in [0.2, 0.25) is 0 Å². The first-order valence-corrected chi connectivity index (χ1v) is 6.61. The van der Waals surface area contributed by atoms with E-state index in [9.17, 15) is 0 Å². The molecule has 0 saturated carbocycles. The van der Waals surface area contributed by atoms with E-state index in [1.807, 2.05) is 30.3 Å². The zero-order chi connectivity index (χ0) is 13.9. The zero-order valence-electron chi connectivity index (χ0n) is 10.6. The van der Waals surface area contributed by atoms with E-state index in [-0.39, 0.29) is 6.61 Å². The van der Waals surface area contributed by atoms with Gasteiger partial charge in [0.15, 0.2) is 0 Å². The maximum atomic E-state index is 8.83. The number of nitrogens with zero attached hydrogens (tertiary/aromatic N) is 2. The third kappa shape index (κ3) is 2.45. The summed E-state index contributed by atoms with van der Waals surface area (Å²) in [5.74, 6) is 1.35. The molecule has 0 amide bonds. The van der Waals surface area contributed by atoms with Gasteiger partial charge in [0.05, 0.1) is 22.7 Å². The smallest absolute Gasteiger partial charge is 0.140 e. The Balaban J connectivity index is 2.03. The van der Waals surface area contributed by atoms with Gasteiger partial charge in [-0.3, -0.25) is 0 Å². The number of halogens is 1. The van der Waals surface area contributed by atoms with Crippen LogP contribution in [0.15, 0.2) is 36.5 Å². The average Bonchev–Trinajstić information content (AvgIpc) is 2.90. The lowest BCUT2D eigenvalue weighted by Crippen LogP contribution is -2.06. The molecule has 5 nitrogen and oxygen atoms in total. The Morgan fingerprint density at radius 1 is 1.30 bits per heavy atom. The number of hydrogen-bond donors (Lipinski definition) is 3. The van der Waals surface area contributed by atoms with Crippen LogP contribution in [0.4, 0.5) is 5.82 Å². The molecule has 0 atom stereocenters. The number of nitrogens with one attached hydrogen (secondary N) is 2. The molecule has 0 radical (unpaired) electrons. The molecule has 1 aromatic carbocycles. The Morgan fingerprint density at radius 2 is 2.15 bits per heavy atom. The highest BCUT2D eigenvalue weighted by atomic mass is 35.5. The number of hydrogen-bond acceptors (Lipinski definition) is 4. The van der Waals surface area contributed by atoms with Crippen LogP contribution in [0.1, 0.15) is 0 Å². The Hall–Kier alpha value is -2.11. The molecule has 3 rings (SSSR count). The van der Waals surface area contributed by atoms with Gasteiger partial charge in [-0.2, -0.15) is 0 Å². The molecule has 0 spiro atoms. The van der Waals surface area contributed by atoms with Crippen molar-refractivity contribution in [1.29, 1.82) is 0 Å². The van der Waals surface area contributed by atoms with Crippen LogP contribution >= 0.6 is 11.6 Å². The van der Waals surface area contributed by atoms with Crippen LogP contribution < -0.4 is 5.32 Å². The minimum absolute atomic E-state index is 0.0459. The molecular formula is C14H13ClN4O. The summed E-state index contributed by atoms with van der Waals surface area (Å²) in [6.45, 7) is 0.485. The van der Waals surface area contributed by atoms with E-state index < -0.39 is 0 Å². The molecule has 6 heteroatoms. The van der Waals surface area contributed by atoms with Gasteiger partial charge in [0.1, 0.15) is 11.6 Å². The topological polar surface area (TPSA) is 73.8 Å². The van der Waals surface area contributed by atoms with Crippen molar-refractivity contribution < 1.29 is 5.11 Å². The highest BCUT2D eigenvalue weighted by molar-refractivity contribution is 6.33. The quantitative estimate of drug-likeness (QED) is 0.690. The molecular weight excluding hydrogens is 276 g/mol. The third-order valence-corrected chi connectivity index (χ3v) is 3.22. The molecule has 0 bridgehead atoms. The average molecular weight is 289 g/mol. The summed E-state index contributed by atoms with van der Waals surface area (Å²) in [6.07, 6.45) is 1.57. The van der Waals surface area contributed by atoms with Crippen molar-refractivity contribution in [1.82, 2.24) is 15.0 Å². The normalized spacial score (nSPS) is 10.9. The second-order valence-corrected chi connectivity index (χ2v) is 4.71. The van der Waals surface area contributed by atoms with Crippen LogP contribution in [-0.2, 0) is 0 Å². The molecule has 0 aliphatic heterocycles. The van der Waals surface area contributed by atoms with Crippen LogP contribution in [0.25, 0.3) is 22.4 Å². The van der Waals surface area contributed by atoms with E-state index >= 15 is 0 Å². The molecule has 3 aromatic rings. The van der Waals surface area contributed by atoms with Crippen molar-refractivity contribution in [3.63, 3.8) is 0 Å². The molecule has 0 aliphatic carbocycles. The van der Waals surface area contributed by atoms with Gasteiger partial charge in [-0.05, 0) is 18.2 Å². The Labute approximate surface area is 120 Å². The van der Waals surface area contributed by atoms with Crippen LogP contribution in [0, 0.1) is 0 Å². The molecule has 0 fully saturated rings. The van der Waals surface area contributed by atoms with Gasteiger partial charge >= 0.3 is 0 Å². The van der Waals surface area contributed by atoms with Gasteiger partial charge in [0, 0.05) is 18.3 Å². The standard InChI is InChI=1S/C14H13ClN4O/c15-10-8-17-13(16-5-6-20)7-9(10)14-18-11-3-1-2-4-12(11)19-14/h1-4,7-8,20H,5-6H2,(H,16,17)(H,18,19). The highest BCUT2D eigenvalue weighted by Crippen LogP contribution is 2.28. The van der Waals surface area contributed by atoms with Crippen LogP contribution in [0.2, 0.25) is 5.02 Å². The lowest BCUT2D eigenvalue weighted by molar-refractivity contribution is 0.311. The predicted molar refractivity (Wildman–Crippen MR) is 79.9 cm³/mol. The maximum Gasteiger partial charge on any atom is 0.140 e. The number of aliphatic hydroxyl groups excluding tert-OH is 1. The summed E-state index contributed by atoms with van der Waals surface area (Å²) in [4.78, 5) is 11.9. The number of fused-ring (bicyclic) bond motifs is 1. The molecule has 0 aliphatic rings. The van der Waals surface area contributed by atoms with E-state index in [0.29, 0.717) is 23.2 Å². The van der Waals surface area contributed by atoms with E-state index in [1.165, 1.54) is 0 Å². The highest BCUT2D eigenvalue weighted by Gasteiger charge is 2.10. The van der Waals surface area contributed by atoms with Crippen LogP contribution in [0.3, 0.4) is 0 Å². The number of imidazole rings is 1. The fourth-order valence-corrected chi connectivity index (χ4v) is 2.17. The summed E-state index contributed by atoms with van der Waals surface area (Å²) < 4.78 is 0. The van der Waals surface area contributed by atoms with Crippen LogP contribution in [0.5, 0.6) is 0 Å². The molecule has 2 aromatic heterocycles. The second-order valence-electron chi connectivity index (χ2n) is 4.30. The van der Waals surface area contributed by atoms with Crippen molar-refractivity contribution in [3.8, 4) is 11.4 Å². The van der Waals surface area contributed by atoms with Crippen molar-refractivity contribution in [2.24, 2.45) is 0 Å². The van der Waals surface area contributed by atoms with Gasteiger partial charge in [-0.15, -0.1) is 0 Å². The van der Waals surface area contributed by atoms with E-state index in [4.69, 9.17) is 16.7 Å². The second kappa shape index (κ2) is 5.48. The number of aromatic nitrogens is 3. The number of aliphatic hydroxyl groups is 1. The van der Waals surface area contributed by atoms with Crippen molar-refractivity contribution >= 4 is 28.5 Å². The van der Waals surface area contributed by atoms with Gasteiger partial charge in [-0.25, -0.2) is 9.97 Å². The van der Waals surface area contributed by atoms with Gasteiger partial charge in [-0.1, -0.05) is 23.7 Å². The fraction of sp³-hybridized carbons (Fsp3) is 0.143. The molecule has 102 valence electrons. The fourth-order valence-electron chi connectivity index (χ4n) is 1.98. The van der Waals surface area contributed by atoms with Gasteiger partial charge in [0.25, 0.3) is 0 Å². The third-order valence-electron chi connectivity index (χ3n) is 2.92. The number of aromatic amines is 1. The predicted octanol–water partition coefficient (Wildman–Crippen LogP) is 2.68. The molecule has 3 N–H and O–H groups in total. The molecule has 20 heavy (non-hydrogen) atoms. The van der Waals surface area contributed by atoms with E-state index in [0.717, 1.165) is 16.6 Å². The lowest BCUT2D eigenvalue weighted by atomic mass is 10.2. The number of pyridine rings is 1. The zero-order valence-corrected chi connectivity index (χ0v) is 11.4. The van der Waals surface area contributed by atoms with E-state index in [2.05, 4.69) is 20.3 Å². The number of rotatable bonds is 4. The summed E-state index contributed by atoms with van der Waals surface area (Å²) in [7, 11) is 0. The summed E-state index contributed by atoms with van der Waals surface area (Å²) in [5, 5.41) is 12.4. The van der Waals surface area contributed by atoms with Crippen LogP contribution in [-0.4, -0.2) is 33.2 Å². The van der Waals surface area contributed by atoms with Crippen molar-refractivity contribution in [2.75, 3.05) is 18.5 Å². The minimum Gasteiger partial charge on any atom is -0.395 e. The van der Waals surface area contributed by atoms with Crippen molar-refractivity contribution in [3.05, 3.63) is 41.6 Å². The summed E-state index contributed by atoms with van der Waals surface area (Å²) in [6, 6.07) is 9.61. The molecule has 0 unspecified atom stereocenters. The Morgan fingerprint density at radius 3 is 2.95 bits per heavy atom. The largest absolute Gasteiger partial charge is 0.395 e. The number of benzene rings is 1. The first-order chi connectivity index (χ1) is 9.78. The Kier molecular flexibility index (Phi) is 3.54. The molecule has 2 heterocycles. The minimum atomic E-state index is 0.0459. The first kappa shape index (κ1) is 12.9.